The van der Waals surface area contributed by atoms with Gasteiger partial charge in [-0.3, -0.25) is 9.69 Å². The van der Waals surface area contributed by atoms with E-state index in [-0.39, 0.29) is 12.4 Å². The number of ketones is 1. The van der Waals surface area contributed by atoms with Gasteiger partial charge in [0.25, 0.3) is 0 Å². The lowest BCUT2D eigenvalue weighted by Gasteiger charge is -2.35. The lowest BCUT2D eigenvalue weighted by molar-refractivity contribution is 0.0896. The molecule has 0 spiro atoms. The summed E-state index contributed by atoms with van der Waals surface area (Å²) < 4.78 is 0. The first kappa shape index (κ1) is 15.5. The molecular formula is C16H22ClNO2. The van der Waals surface area contributed by atoms with Crippen molar-refractivity contribution in [3.05, 3.63) is 34.9 Å². The van der Waals surface area contributed by atoms with Gasteiger partial charge in [-0.1, -0.05) is 30.2 Å². The van der Waals surface area contributed by atoms with Crippen LogP contribution in [0, 0.1) is 0 Å². The second-order valence-corrected chi connectivity index (χ2v) is 5.82. The van der Waals surface area contributed by atoms with E-state index in [1.165, 1.54) is 12.8 Å². The van der Waals surface area contributed by atoms with Crippen LogP contribution < -0.4 is 0 Å². The van der Waals surface area contributed by atoms with E-state index in [1.807, 2.05) is 12.1 Å². The van der Waals surface area contributed by atoms with Crippen molar-refractivity contribution in [2.45, 2.75) is 38.1 Å². The Kier molecular flexibility index (Phi) is 6.02. The van der Waals surface area contributed by atoms with Gasteiger partial charge in [-0.2, -0.15) is 0 Å². The number of benzene rings is 1. The number of hydrogen-bond acceptors (Lipinski definition) is 3. The molecule has 3 nitrogen and oxygen atoms in total. The summed E-state index contributed by atoms with van der Waals surface area (Å²) >= 11 is 5.91. The zero-order valence-corrected chi connectivity index (χ0v) is 12.5. The van der Waals surface area contributed by atoms with E-state index in [9.17, 15) is 4.79 Å². The fourth-order valence-corrected chi connectivity index (χ4v) is 3.07. The number of likely N-dealkylation sites (tertiary alicyclic amines) is 1. The standard InChI is InChI=1S/C16H22ClNO2/c17-14-5-3-4-13(12-14)16(20)7-10-18-9-2-1-6-15(18)8-11-19/h3-5,12,15,19H,1-2,6-11H2. The average Bonchev–Trinajstić information content (AvgIpc) is 2.46. The molecular weight excluding hydrogens is 274 g/mol. The highest BCUT2D eigenvalue weighted by Gasteiger charge is 2.22. The molecule has 1 aromatic carbocycles. The monoisotopic (exact) mass is 295 g/mol. The highest BCUT2D eigenvalue weighted by Crippen LogP contribution is 2.20. The average molecular weight is 296 g/mol. The van der Waals surface area contributed by atoms with Gasteiger partial charge in [0.15, 0.2) is 5.78 Å². The molecule has 4 heteroatoms. The van der Waals surface area contributed by atoms with Crippen molar-refractivity contribution in [1.82, 2.24) is 4.90 Å². The molecule has 0 aromatic heterocycles. The van der Waals surface area contributed by atoms with Crippen molar-refractivity contribution in [2.24, 2.45) is 0 Å². The second-order valence-electron chi connectivity index (χ2n) is 5.38. The molecule has 0 saturated carbocycles. The molecule has 0 aliphatic carbocycles. The normalized spacial score (nSPS) is 20.0. The highest BCUT2D eigenvalue weighted by molar-refractivity contribution is 6.31. The number of aliphatic hydroxyl groups is 1. The fourth-order valence-electron chi connectivity index (χ4n) is 2.88. The molecule has 1 heterocycles. The minimum Gasteiger partial charge on any atom is -0.396 e. The molecule has 0 amide bonds. The lowest BCUT2D eigenvalue weighted by atomic mass is 9.98. The van der Waals surface area contributed by atoms with E-state index >= 15 is 0 Å². The Labute approximate surface area is 125 Å². The van der Waals surface area contributed by atoms with Crippen molar-refractivity contribution >= 4 is 17.4 Å². The number of nitrogens with zero attached hydrogens (tertiary/aromatic N) is 1. The van der Waals surface area contributed by atoms with E-state index in [1.54, 1.807) is 12.1 Å². The zero-order chi connectivity index (χ0) is 14.4. The van der Waals surface area contributed by atoms with Crippen LogP contribution in [0.15, 0.2) is 24.3 Å². The maximum Gasteiger partial charge on any atom is 0.164 e. The van der Waals surface area contributed by atoms with E-state index in [0.717, 1.165) is 25.9 Å². The number of halogens is 1. The molecule has 1 fully saturated rings. The van der Waals surface area contributed by atoms with Gasteiger partial charge in [-0.05, 0) is 37.9 Å². The van der Waals surface area contributed by atoms with Gasteiger partial charge >= 0.3 is 0 Å². The summed E-state index contributed by atoms with van der Waals surface area (Å²) in [7, 11) is 0. The molecule has 1 atom stereocenters. The van der Waals surface area contributed by atoms with Crippen molar-refractivity contribution in [2.75, 3.05) is 19.7 Å². The molecule has 1 saturated heterocycles. The van der Waals surface area contributed by atoms with E-state index in [0.29, 0.717) is 23.0 Å². The number of carbonyl (C=O) groups excluding carboxylic acids is 1. The maximum atomic E-state index is 12.2. The van der Waals surface area contributed by atoms with Crippen LogP contribution in [0.2, 0.25) is 5.02 Å². The van der Waals surface area contributed by atoms with E-state index in [2.05, 4.69) is 4.90 Å². The Morgan fingerprint density at radius 2 is 2.25 bits per heavy atom. The van der Waals surface area contributed by atoms with Crippen molar-refractivity contribution in [3.63, 3.8) is 0 Å². The number of hydrogen-bond donors (Lipinski definition) is 1. The molecule has 20 heavy (non-hydrogen) atoms. The van der Waals surface area contributed by atoms with Crippen LogP contribution in [0.1, 0.15) is 42.5 Å². The number of rotatable bonds is 6. The third-order valence-corrected chi connectivity index (χ3v) is 4.22. The minimum atomic E-state index is 0.140. The third kappa shape index (κ3) is 4.30. The number of aliphatic hydroxyl groups excluding tert-OH is 1. The van der Waals surface area contributed by atoms with Crippen LogP contribution in [0.4, 0.5) is 0 Å². The first-order valence-corrected chi connectivity index (χ1v) is 7.72. The van der Waals surface area contributed by atoms with Crippen LogP contribution in [0.25, 0.3) is 0 Å². The smallest absolute Gasteiger partial charge is 0.164 e. The summed E-state index contributed by atoms with van der Waals surface area (Å²) in [6.07, 6.45) is 4.87. The summed E-state index contributed by atoms with van der Waals surface area (Å²) in [5.41, 5.74) is 0.688. The third-order valence-electron chi connectivity index (χ3n) is 3.98. The summed E-state index contributed by atoms with van der Waals surface area (Å²) in [4.78, 5) is 14.5. The molecule has 110 valence electrons. The number of Topliss-reactive ketones (excluding diaryl/α,β-unsaturated/α-hetero) is 1. The predicted molar refractivity (Wildman–Crippen MR) is 81.3 cm³/mol. The highest BCUT2D eigenvalue weighted by atomic mass is 35.5. The van der Waals surface area contributed by atoms with E-state index < -0.39 is 0 Å². The van der Waals surface area contributed by atoms with Crippen molar-refractivity contribution in [3.8, 4) is 0 Å². The van der Waals surface area contributed by atoms with Gasteiger partial charge in [-0.15, -0.1) is 0 Å². The van der Waals surface area contributed by atoms with Gasteiger partial charge in [-0.25, -0.2) is 0 Å². The topological polar surface area (TPSA) is 40.5 Å². The van der Waals surface area contributed by atoms with Gasteiger partial charge in [0.2, 0.25) is 0 Å². The number of carbonyl (C=O) groups is 1. The van der Waals surface area contributed by atoms with Crippen molar-refractivity contribution < 1.29 is 9.90 Å². The Hall–Kier alpha value is -0.900. The summed E-state index contributed by atoms with van der Waals surface area (Å²) in [5.74, 6) is 0.140. The predicted octanol–water partition coefficient (Wildman–Crippen LogP) is 3.15. The second kappa shape index (κ2) is 7.77. The SMILES string of the molecule is O=C(CCN1CCCCC1CCO)c1cccc(Cl)c1. The lowest BCUT2D eigenvalue weighted by Crippen LogP contribution is -2.41. The molecule has 1 aromatic rings. The Morgan fingerprint density at radius 1 is 1.40 bits per heavy atom. The zero-order valence-electron chi connectivity index (χ0n) is 11.7. The van der Waals surface area contributed by atoms with Gasteiger partial charge in [0.1, 0.15) is 0 Å². The van der Waals surface area contributed by atoms with Crippen LogP contribution in [0.5, 0.6) is 0 Å². The quantitative estimate of drug-likeness (QED) is 0.820. The van der Waals surface area contributed by atoms with Gasteiger partial charge in [0, 0.05) is 36.2 Å². The molecule has 1 N–H and O–H groups in total. The molecule has 1 aliphatic rings. The molecule has 0 bridgehead atoms. The van der Waals surface area contributed by atoms with Crippen LogP contribution in [-0.4, -0.2) is 41.5 Å². The van der Waals surface area contributed by atoms with Crippen LogP contribution in [0.3, 0.4) is 0 Å². The van der Waals surface area contributed by atoms with Crippen LogP contribution >= 0.6 is 11.6 Å². The maximum absolute atomic E-state index is 12.2. The first-order valence-electron chi connectivity index (χ1n) is 7.34. The Bertz CT molecular complexity index is 448. The van der Waals surface area contributed by atoms with Crippen molar-refractivity contribution in [1.29, 1.82) is 0 Å². The summed E-state index contributed by atoms with van der Waals surface area (Å²) in [5, 5.41) is 9.72. The largest absolute Gasteiger partial charge is 0.396 e. The molecule has 0 radical (unpaired) electrons. The summed E-state index contributed by atoms with van der Waals surface area (Å²) in [6.45, 7) is 2.03. The molecule has 2 rings (SSSR count). The summed E-state index contributed by atoms with van der Waals surface area (Å²) in [6, 6.07) is 7.56. The Morgan fingerprint density at radius 3 is 3.00 bits per heavy atom. The molecule has 1 unspecified atom stereocenters. The number of piperidine rings is 1. The first-order chi connectivity index (χ1) is 9.70. The molecule has 1 aliphatic heterocycles. The van der Waals surface area contributed by atoms with Crippen LogP contribution in [-0.2, 0) is 0 Å². The fraction of sp³-hybridized carbons (Fsp3) is 0.562. The minimum absolute atomic E-state index is 0.140. The van der Waals surface area contributed by atoms with Gasteiger partial charge < -0.3 is 5.11 Å². The van der Waals surface area contributed by atoms with E-state index in [4.69, 9.17) is 16.7 Å². The Balaban J connectivity index is 1.88. The van der Waals surface area contributed by atoms with Gasteiger partial charge in [0.05, 0.1) is 0 Å².